The van der Waals surface area contributed by atoms with Crippen molar-refractivity contribution in [2.24, 2.45) is 11.3 Å². The van der Waals surface area contributed by atoms with Crippen LogP contribution in [0.5, 0.6) is 0 Å². The number of nitrogens with one attached hydrogen (secondary N) is 1. The van der Waals surface area contributed by atoms with Gasteiger partial charge in [0.2, 0.25) is 5.91 Å². The lowest BCUT2D eigenvalue weighted by Gasteiger charge is -2.39. The molecule has 1 spiro atoms. The number of hydrogen-bond acceptors (Lipinski definition) is 4. The number of anilines is 1. The molecule has 0 unspecified atom stereocenters. The Bertz CT molecular complexity index is 669. The molecule has 4 rings (SSSR count). The molecule has 1 aromatic rings. The van der Waals surface area contributed by atoms with Gasteiger partial charge in [-0.05, 0) is 25.0 Å². The molecule has 3 fully saturated rings. The van der Waals surface area contributed by atoms with E-state index in [2.05, 4.69) is 5.32 Å². The van der Waals surface area contributed by atoms with Crippen LogP contribution in [0.4, 0.5) is 10.5 Å². The summed E-state index contributed by atoms with van der Waals surface area (Å²) in [5.41, 5.74) is 0.591. The summed E-state index contributed by atoms with van der Waals surface area (Å²) in [4.78, 5) is 29.8. The molecule has 1 atom stereocenters. The van der Waals surface area contributed by atoms with E-state index in [9.17, 15) is 9.59 Å². The number of carbonyl (C=O) groups excluding carboxylic acids is 2. The predicted molar refractivity (Wildman–Crippen MR) is 100 cm³/mol. The highest BCUT2D eigenvalue weighted by Crippen LogP contribution is 2.45. The van der Waals surface area contributed by atoms with Gasteiger partial charge in [0, 0.05) is 50.5 Å². The quantitative estimate of drug-likeness (QED) is 0.858. The summed E-state index contributed by atoms with van der Waals surface area (Å²) in [5, 5.41) is 2.96. The first-order valence-electron chi connectivity index (χ1n) is 9.73. The number of ether oxygens (including phenoxy) is 2. The SMILES string of the molecule is O=C(Nc1ccccc1)N1C[C@H](C(=O)N2CCOCC2)C2(CCOCC2)C1. The average molecular weight is 373 g/mol. The number of likely N-dealkylation sites (tertiary alicyclic amines) is 1. The van der Waals surface area contributed by atoms with E-state index in [0.29, 0.717) is 52.6 Å². The summed E-state index contributed by atoms with van der Waals surface area (Å²) >= 11 is 0. The Morgan fingerprint density at radius 1 is 0.963 bits per heavy atom. The molecular formula is C20H27N3O4. The molecule has 3 saturated heterocycles. The van der Waals surface area contributed by atoms with Gasteiger partial charge in [0.1, 0.15) is 0 Å². The van der Waals surface area contributed by atoms with Crippen molar-refractivity contribution >= 4 is 17.6 Å². The van der Waals surface area contributed by atoms with Gasteiger partial charge in [-0.1, -0.05) is 18.2 Å². The molecule has 0 aliphatic carbocycles. The number of para-hydroxylation sites is 1. The van der Waals surface area contributed by atoms with Crippen LogP contribution < -0.4 is 5.32 Å². The Hall–Kier alpha value is -2.12. The highest BCUT2D eigenvalue weighted by Gasteiger charge is 2.52. The largest absolute Gasteiger partial charge is 0.381 e. The van der Waals surface area contributed by atoms with Gasteiger partial charge >= 0.3 is 6.03 Å². The molecule has 3 heterocycles. The van der Waals surface area contributed by atoms with Gasteiger partial charge in [0.15, 0.2) is 0 Å². The normalized spacial score (nSPS) is 24.8. The minimum absolute atomic E-state index is 0.135. The first-order valence-corrected chi connectivity index (χ1v) is 9.73. The lowest BCUT2D eigenvalue weighted by Crippen LogP contribution is -2.49. The average Bonchev–Trinajstić information content (AvgIpc) is 3.08. The number of morpholine rings is 1. The van der Waals surface area contributed by atoms with Crippen molar-refractivity contribution in [3.05, 3.63) is 30.3 Å². The Labute approximate surface area is 159 Å². The second kappa shape index (κ2) is 7.86. The van der Waals surface area contributed by atoms with E-state index in [1.54, 1.807) is 4.90 Å². The van der Waals surface area contributed by atoms with Crippen molar-refractivity contribution in [1.82, 2.24) is 9.80 Å². The molecule has 27 heavy (non-hydrogen) atoms. The van der Waals surface area contributed by atoms with E-state index < -0.39 is 0 Å². The smallest absolute Gasteiger partial charge is 0.321 e. The number of nitrogens with zero attached hydrogens (tertiary/aromatic N) is 2. The third-order valence-corrected chi connectivity index (χ3v) is 6.07. The van der Waals surface area contributed by atoms with Crippen LogP contribution >= 0.6 is 0 Å². The molecule has 7 nitrogen and oxygen atoms in total. The van der Waals surface area contributed by atoms with E-state index in [-0.39, 0.29) is 23.3 Å². The summed E-state index contributed by atoms with van der Waals surface area (Å²) in [7, 11) is 0. The topological polar surface area (TPSA) is 71.1 Å². The van der Waals surface area contributed by atoms with Gasteiger partial charge in [-0.3, -0.25) is 4.79 Å². The van der Waals surface area contributed by atoms with Crippen molar-refractivity contribution < 1.29 is 19.1 Å². The lowest BCUT2D eigenvalue weighted by molar-refractivity contribution is -0.144. The molecule has 0 radical (unpaired) electrons. The third kappa shape index (κ3) is 3.80. The molecule has 3 amide bonds. The van der Waals surface area contributed by atoms with Crippen LogP contribution in [-0.2, 0) is 14.3 Å². The molecule has 0 saturated carbocycles. The molecular weight excluding hydrogens is 346 g/mol. The van der Waals surface area contributed by atoms with Crippen molar-refractivity contribution in [2.45, 2.75) is 12.8 Å². The van der Waals surface area contributed by atoms with Crippen LogP contribution in [0.3, 0.4) is 0 Å². The summed E-state index contributed by atoms with van der Waals surface area (Å²) in [6.45, 7) is 4.84. The van der Waals surface area contributed by atoms with E-state index in [1.807, 2.05) is 35.2 Å². The summed E-state index contributed by atoms with van der Waals surface area (Å²) in [5.74, 6) is -0.00349. The lowest BCUT2D eigenvalue weighted by atomic mass is 9.71. The number of urea groups is 1. The standard InChI is InChI=1S/C20H27N3O4/c24-18(22-8-12-27-13-9-22)17-14-23(15-20(17)6-10-26-11-7-20)19(25)21-16-4-2-1-3-5-16/h1-5,17H,6-15H2,(H,21,25)/t17-/m1/s1. The van der Waals surface area contributed by atoms with Gasteiger partial charge in [0.25, 0.3) is 0 Å². The molecule has 146 valence electrons. The van der Waals surface area contributed by atoms with Crippen molar-refractivity contribution in [2.75, 3.05) is 57.9 Å². The van der Waals surface area contributed by atoms with Gasteiger partial charge in [-0.2, -0.15) is 0 Å². The van der Waals surface area contributed by atoms with Crippen molar-refractivity contribution in [1.29, 1.82) is 0 Å². The third-order valence-electron chi connectivity index (χ3n) is 6.07. The van der Waals surface area contributed by atoms with Gasteiger partial charge in [0.05, 0.1) is 19.1 Å². The van der Waals surface area contributed by atoms with E-state index in [0.717, 1.165) is 18.5 Å². The molecule has 1 aromatic carbocycles. The number of hydrogen-bond donors (Lipinski definition) is 1. The first-order chi connectivity index (χ1) is 13.2. The first kappa shape index (κ1) is 18.3. The number of rotatable bonds is 2. The maximum Gasteiger partial charge on any atom is 0.321 e. The van der Waals surface area contributed by atoms with Crippen molar-refractivity contribution in [3.63, 3.8) is 0 Å². The fourth-order valence-electron chi connectivity index (χ4n) is 4.48. The highest BCUT2D eigenvalue weighted by atomic mass is 16.5. The maximum atomic E-state index is 13.3. The van der Waals surface area contributed by atoms with Crippen LogP contribution in [0.25, 0.3) is 0 Å². The Kier molecular flexibility index (Phi) is 5.31. The number of carbonyl (C=O) groups is 2. The minimum atomic E-state index is -0.179. The van der Waals surface area contributed by atoms with Crippen LogP contribution in [-0.4, -0.2) is 74.3 Å². The second-order valence-electron chi connectivity index (χ2n) is 7.64. The van der Waals surface area contributed by atoms with Crippen LogP contribution in [0.15, 0.2) is 30.3 Å². The highest BCUT2D eigenvalue weighted by molar-refractivity contribution is 5.90. The number of benzene rings is 1. The summed E-state index contributed by atoms with van der Waals surface area (Å²) in [6.07, 6.45) is 1.64. The zero-order chi connectivity index (χ0) is 18.7. The molecule has 1 N–H and O–H groups in total. The zero-order valence-electron chi connectivity index (χ0n) is 15.6. The van der Waals surface area contributed by atoms with Crippen LogP contribution in [0, 0.1) is 11.3 Å². The Morgan fingerprint density at radius 3 is 2.33 bits per heavy atom. The van der Waals surface area contributed by atoms with Gasteiger partial charge < -0.3 is 24.6 Å². The zero-order valence-corrected chi connectivity index (χ0v) is 15.6. The van der Waals surface area contributed by atoms with Gasteiger partial charge in [-0.15, -0.1) is 0 Å². The van der Waals surface area contributed by atoms with Crippen molar-refractivity contribution in [3.8, 4) is 0 Å². The van der Waals surface area contributed by atoms with Crippen LogP contribution in [0.2, 0.25) is 0 Å². The number of amides is 3. The Morgan fingerprint density at radius 2 is 1.63 bits per heavy atom. The minimum Gasteiger partial charge on any atom is -0.381 e. The monoisotopic (exact) mass is 373 g/mol. The fourth-order valence-corrected chi connectivity index (χ4v) is 4.48. The molecule has 3 aliphatic heterocycles. The van der Waals surface area contributed by atoms with Crippen LogP contribution in [0.1, 0.15) is 12.8 Å². The van der Waals surface area contributed by atoms with E-state index in [4.69, 9.17) is 9.47 Å². The molecule has 7 heteroatoms. The molecule has 3 aliphatic rings. The summed E-state index contributed by atoms with van der Waals surface area (Å²) in [6, 6.07) is 9.31. The maximum absolute atomic E-state index is 13.3. The summed E-state index contributed by atoms with van der Waals surface area (Å²) < 4.78 is 10.9. The molecule has 0 bridgehead atoms. The van der Waals surface area contributed by atoms with E-state index >= 15 is 0 Å². The second-order valence-corrected chi connectivity index (χ2v) is 7.64. The van der Waals surface area contributed by atoms with E-state index in [1.165, 1.54) is 0 Å². The Balaban J connectivity index is 1.50. The molecule has 0 aromatic heterocycles. The predicted octanol–water partition coefficient (Wildman–Crippen LogP) is 1.81. The van der Waals surface area contributed by atoms with Gasteiger partial charge in [-0.25, -0.2) is 4.79 Å². The fraction of sp³-hybridized carbons (Fsp3) is 0.600.